The van der Waals surface area contributed by atoms with Crippen molar-refractivity contribution in [2.75, 3.05) is 6.26 Å². The molecule has 0 aliphatic heterocycles. The van der Waals surface area contributed by atoms with Crippen molar-refractivity contribution in [2.45, 2.75) is 0 Å². The Morgan fingerprint density at radius 1 is 1.71 bits per heavy atom. The van der Waals surface area contributed by atoms with Gasteiger partial charge in [-0.1, -0.05) is 4.39 Å². The molecule has 0 atom stereocenters. The largest absolute Gasteiger partial charge is 2.00 e. The van der Waals surface area contributed by atoms with Crippen LogP contribution in [0.4, 0.5) is 4.53 Å². The van der Waals surface area contributed by atoms with Crippen molar-refractivity contribution in [2.24, 2.45) is 0 Å². The SMILES string of the molecule is CS(=O)(=O)OF.[Ca+2].[H-].[H-]. The number of hydrogen-bond acceptors (Lipinski definition) is 3. The fraction of sp³-hybridized carbons (Fsp3) is 1.00. The minimum absolute atomic E-state index is 0. The third-order valence-corrected chi connectivity index (χ3v) is 0.343. The van der Waals surface area contributed by atoms with Gasteiger partial charge in [0.15, 0.2) is 0 Å². The fourth-order valence-corrected chi connectivity index (χ4v) is 0. The quantitative estimate of drug-likeness (QED) is 0.489. The Balaban J connectivity index is -0.0000000417. The molecular weight excluding hydrogens is 151 g/mol. The van der Waals surface area contributed by atoms with Crippen molar-refractivity contribution >= 4 is 47.9 Å². The van der Waals surface area contributed by atoms with E-state index in [-0.39, 0.29) is 40.6 Å². The Bertz CT molecular complexity index is 124. The van der Waals surface area contributed by atoms with Crippen LogP contribution in [0, 0.1) is 0 Å². The van der Waals surface area contributed by atoms with Gasteiger partial charge in [0.25, 0.3) is 10.1 Å². The molecule has 0 rings (SSSR count). The smallest absolute Gasteiger partial charge is 1.00 e. The van der Waals surface area contributed by atoms with Crippen molar-refractivity contribution in [1.29, 1.82) is 0 Å². The van der Waals surface area contributed by atoms with Gasteiger partial charge < -0.3 is 2.85 Å². The van der Waals surface area contributed by atoms with E-state index in [9.17, 15) is 12.9 Å². The van der Waals surface area contributed by atoms with Gasteiger partial charge in [0, 0.05) is 0 Å². The van der Waals surface area contributed by atoms with Crippen molar-refractivity contribution < 1.29 is 20.2 Å². The van der Waals surface area contributed by atoms with E-state index in [4.69, 9.17) is 0 Å². The van der Waals surface area contributed by atoms with E-state index in [1.165, 1.54) is 0 Å². The zero-order valence-electron chi connectivity index (χ0n) is 5.72. The van der Waals surface area contributed by atoms with E-state index in [1.54, 1.807) is 0 Å². The van der Waals surface area contributed by atoms with Gasteiger partial charge in [0.05, 0.1) is 6.26 Å². The first-order valence-corrected chi connectivity index (χ1v) is 2.88. The topological polar surface area (TPSA) is 43.4 Å². The van der Waals surface area contributed by atoms with Crippen LogP contribution in [-0.4, -0.2) is 52.4 Å². The minimum Gasteiger partial charge on any atom is -1.00 e. The third kappa shape index (κ3) is 11.0. The van der Waals surface area contributed by atoms with Crippen LogP contribution in [0.25, 0.3) is 0 Å². The van der Waals surface area contributed by atoms with Crippen molar-refractivity contribution in [3.63, 3.8) is 0 Å². The van der Waals surface area contributed by atoms with Crippen LogP contribution in [0.5, 0.6) is 0 Å². The predicted octanol–water partition coefficient (Wildman–Crippen LogP) is -0.309. The second-order valence-corrected chi connectivity index (χ2v) is 2.30. The molecule has 0 N–H and O–H groups in total. The van der Waals surface area contributed by atoms with E-state index in [1.807, 2.05) is 0 Å². The molecule has 0 aromatic rings. The van der Waals surface area contributed by atoms with E-state index in [0.717, 1.165) is 0 Å². The summed E-state index contributed by atoms with van der Waals surface area (Å²) in [6, 6.07) is 0. The minimum atomic E-state index is -3.83. The zero-order chi connectivity index (χ0) is 5.21. The summed E-state index contributed by atoms with van der Waals surface area (Å²) in [4.78, 5) is 0. The molecule has 6 heteroatoms. The standard InChI is InChI=1S/CH3FO3S.Ca.2H/c1-6(3,4)5-2;;;/h1H3;;;/q;+2;2*-1. The summed E-state index contributed by atoms with van der Waals surface area (Å²) >= 11 is 0. The summed E-state index contributed by atoms with van der Waals surface area (Å²) in [7, 11) is -3.83. The maximum absolute atomic E-state index is 10.4. The second-order valence-electron chi connectivity index (χ2n) is 0.767. The van der Waals surface area contributed by atoms with E-state index < -0.39 is 10.1 Å². The van der Waals surface area contributed by atoms with Gasteiger partial charge in [0.2, 0.25) is 0 Å². The van der Waals surface area contributed by atoms with Crippen LogP contribution in [0.1, 0.15) is 2.85 Å². The number of halogens is 1. The maximum atomic E-state index is 10.4. The Morgan fingerprint density at radius 3 is 1.86 bits per heavy atom. The van der Waals surface area contributed by atoms with Gasteiger partial charge in [-0.3, -0.25) is 0 Å². The molecule has 3 nitrogen and oxygen atoms in total. The normalized spacial score (nSPS) is 10.0. The molecule has 42 valence electrons. The maximum Gasteiger partial charge on any atom is 2.00 e. The molecule has 0 aromatic heterocycles. The molecule has 0 fully saturated rings. The van der Waals surface area contributed by atoms with Gasteiger partial charge in [-0.25, -0.2) is 0 Å². The van der Waals surface area contributed by atoms with Crippen molar-refractivity contribution in [3.8, 4) is 0 Å². The van der Waals surface area contributed by atoms with Gasteiger partial charge in [0.1, 0.15) is 0 Å². The Kier molecular flexibility index (Phi) is 6.31. The molecule has 0 heterocycles. The number of hydrogen-bond donors (Lipinski definition) is 0. The first-order valence-electron chi connectivity index (χ1n) is 1.06. The van der Waals surface area contributed by atoms with Crippen LogP contribution in [0.3, 0.4) is 0 Å². The molecule has 0 saturated heterocycles. The average Bonchev–Trinajstić information content (AvgIpc) is 1.35. The molecule has 0 unspecified atom stereocenters. The Labute approximate surface area is 73.8 Å². The molecule has 0 radical (unpaired) electrons. The molecule has 0 bridgehead atoms. The second kappa shape index (κ2) is 4.03. The third-order valence-electron chi connectivity index (χ3n) is 0.114. The van der Waals surface area contributed by atoms with Crippen molar-refractivity contribution in [1.82, 2.24) is 0 Å². The van der Waals surface area contributed by atoms with Crippen LogP contribution < -0.4 is 0 Å². The molecule has 0 aliphatic rings. The van der Waals surface area contributed by atoms with Crippen LogP contribution in [0.15, 0.2) is 0 Å². The predicted molar refractivity (Wildman–Crippen MR) is 25.0 cm³/mol. The summed E-state index contributed by atoms with van der Waals surface area (Å²) in [5, 5.41) is 0. The first kappa shape index (κ1) is 11.0. The molecule has 0 spiro atoms. The fourth-order valence-electron chi connectivity index (χ4n) is 0. The molecule has 0 amide bonds. The summed E-state index contributed by atoms with van der Waals surface area (Å²) in [5.41, 5.74) is 0. The Morgan fingerprint density at radius 2 is 1.86 bits per heavy atom. The monoisotopic (exact) mass is 156 g/mol. The van der Waals surface area contributed by atoms with E-state index in [2.05, 4.69) is 4.39 Å². The number of rotatable bonds is 1. The van der Waals surface area contributed by atoms with Gasteiger partial charge in [-0.15, -0.1) is 0 Å². The van der Waals surface area contributed by atoms with Crippen LogP contribution >= 0.6 is 0 Å². The summed E-state index contributed by atoms with van der Waals surface area (Å²) in [6.45, 7) is 0. The van der Waals surface area contributed by atoms with Gasteiger partial charge in [-0.2, -0.15) is 8.42 Å². The molecule has 0 saturated carbocycles. The van der Waals surface area contributed by atoms with E-state index in [0.29, 0.717) is 6.26 Å². The molecule has 7 heavy (non-hydrogen) atoms. The van der Waals surface area contributed by atoms with Gasteiger partial charge >= 0.3 is 37.7 Å². The average molecular weight is 156 g/mol. The van der Waals surface area contributed by atoms with Gasteiger partial charge in [-0.05, 0) is 4.53 Å². The van der Waals surface area contributed by atoms with Crippen LogP contribution in [0.2, 0.25) is 0 Å². The first-order chi connectivity index (χ1) is 2.56. The van der Waals surface area contributed by atoms with E-state index >= 15 is 0 Å². The molecular formula is CH5CaFO3S. The summed E-state index contributed by atoms with van der Waals surface area (Å²) in [5.74, 6) is 0. The summed E-state index contributed by atoms with van der Waals surface area (Å²) < 4.78 is 31.6. The molecule has 0 aliphatic carbocycles. The summed E-state index contributed by atoms with van der Waals surface area (Å²) in [6.07, 6.45) is 0.618. The molecule has 0 aromatic carbocycles. The zero-order valence-corrected chi connectivity index (χ0v) is 6.74. The Hall–Kier alpha value is 1.10. The van der Waals surface area contributed by atoms with Crippen LogP contribution in [-0.2, 0) is 14.5 Å². The van der Waals surface area contributed by atoms with Crippen molar-refractivity contribution in [3.05, 3.63) is 0 Å².